The number of nitrogens with one attached hydrogen (secondary N) is 2. The molecule has 3 aromatic rings. The van der Waals surface area contributed by atoms with Crippen LogP contribution in [-0.2, 0) is 16.2 Å². The number of anilines is 1. The van der Waals surface area contributed by atoms with E-state index >= 15 is 0 Å². The van der Waals surface area contributed by atoms with Gasteiger partial charge in [-0.1, -0.05) is 47.5 Å². The Bertz CT molecular complexity index is 1160. The number of rotatable bonds is 6. The van der Waals surface area contributed by atoms with Gasteiger partial charge >= 0.3 is 11.8 Å². The summed E-state index contributed by atoms with van der Waals surface area (Å²) in [6.45, 7) is 3.74. The van der Waals surface area contributed by atoms with E-state index in [0.29, 0.717) is 17.0 Å². The number of hydrazone groups is 1. The van der Waals surface area contributed by atoms with E-state index in [4.69, 9.17) is 16.3 Å². The van der Waals surface area contributed by atoms with Crippen molar-refractivity contribution in [2.45, 2.75) is 20.5 Å². The lowest BCUT2D eigenvalue weighted by atomic mass is 10.1. The number of nitrogens with zero attached hydrogens (tertiary/aromatic N) is 1. The van der Waals surface area contributed by atoms with Gasteiger partial charge < -0.3 is 10.1 Å². The van der Waals surface area contributed by atoms with Crippen molar-refractivity contribution in [3.8, 4) is 5.75 Å². The Hall–Kier alpha value is -3.71. The lowest BCUT2D eigenvalue weighted by Gasteiger charge is -2.09. The van der Waals surface area contributed by atoms with Gasteiger partial charge in [0.25, 0.3) is 0 Å². The molecule has 3 aromatic carbocycles. The number of halogens is 2. The molecule has 2 N–H and O–H groups in total. The summed E-state index contributed by atoms with van der Waals surface area (Å²) in [6, 6.07) is 16.7. The molecule has 0 fully saturated rings. The number of carbonyl (C=O) groups excluding carboxylic acids is 2. The molecule has 0 bridgehead atoms. The third-order valence-corrected chi connectivity index (χ3v) is 4.87. The molecule has 164 valence electrons. The Balaban J connectivity index is 1.56. The van der Waals surface area contributed by atoms with E-state index in [2.05, 4.69) is 15.8 Å². The van der Waals surface area contributed by atoms with E-state index < -0.39 is 17.6 Å². The molecule has 0 aliphatic carbocycles. The fourth-order valence-corrected chi connectivity index (χ4v) is 3.08. The van der Waals surface area contributed by atoms with Gasteiger partial charge in [-0.15, -0.1) is 0 Å². The van der Waals surface area contributed by atoms with Crippen molar-refractivity contribution >= 4 is 35.3 Å². The van der Waals surface area contributed by atoms with Gasteiger partial charge in [0.15, 0.2) is 0 Å². The molecule has 6 nitrogen and oxygen atoms in total. The molecule has 32 heavy (non-hydrogen) atoms. The van der Waals surface area contributed by atoms with E-state index in [-0.39, 0.29) is 17.2 Å². The second-order valence-corrected chi connectivity index (χ2v) is 7.44. The number of carbonyl (C=O) groups is 2. The van der Waals surface area contributed by atoms with Gasteiger partial charge in [0.05, 0.1) is 11.2 Å². The number of amides is 2. The van der Waals surface area contributed by atoms with Crippen LogP contribution in [-0.4, -0.2) is 18.0 Å². The Morgan fingerprint density at radius 3 is 2.59 bits per heavy atom. The zero-order valence-corrected chi connectivity index (χ0v) is 18.2. The first-order chi connectivity index (χ1) is 15.3. The molecule has 8 heteroatoms. The van der Waals surface area contributed by atoms with Gasteiger partial charge in [0.2, 0.25) is 0 Å². The van der Waals surface area contributed by atoms with Crippen LogP contribution in [0.15, 0.2) is 65.8 Å². The molecule has 0 saturated carbocycles. The number of hydrogen-bond acceptors (Lipinski definition) is 4. The van der Waals surface area contributed by atoms with Crippen LogP contribution < -0.4 is 15.5 Å². The molecular formula is C24H21ClFN3O3. The fourth-order valence-electron chi connectivity index (χ4n) is 2.86. The van der Waals surface area contributed by atoms with Crippen LogP contribution in [0, 0.1) is 19.7 Å². The highest BCUT2D eigenvalue weighted by molar-refractivity contribution is 6.39. The largest absolute Gasteiger partial charge is 0.489 e. The summed E-state index contributed by atoms with van der Waals surface area (Å²) in [5, 5.41) is 6.64. The van der Waals surface area contributed by atoms with Gasteiger partial charge in [-0.2, -0.15) is 5.10 Å². The quantitative estimate of drug-likeness (QED) is 0.321. The number of hydrogen-bond donors (Lipinski definition) is 2. The van der Waals surface area contributed by atoms with Crippen LogP contribution in [0.5, 0.6) is 5.75 Å². The molecule has 0 radical (unpaired) electrons. The third-order valence-electron chi connectivity index (χ3n) is 4.52. The Labute approximate surface area is 190 Å². The van der Waals surface area contributed by atoms with Crippen LogP contribution in [0.1, 0.15) is 22.3 Å². The van der Waals surface area contributed by atoms with Crippen molar-refractivity contribution in [1.82, 2.24) is 5.43 Å². The normalized spacial score (nSPS) is 10.8. The highest BCUT2D eigenvalue weighted by Crippen LogP contribution is 2.22. The molecule has 0 aromatic heterocycles. The first kappa shape index (κ1) is 23.0. The average molecular weight is 454 g/mol. The van der Waals surface area contributed by atoms with E-state index in [0.717, 1.165) is 11.1 Å². The average Bonchev–Trinajstić information content (AvgIpc) is 2.75. The molecule has 0 heterocycles. The smallest absolute Gasteiger partial charge is 0.329 e. The van der Waals surface area contributed by atoms with Crippen molar-refractivity contribution < 1.29 is 18.7 Å². The predicted molar refractivity (Wildman–Crippen MR) is 122 cm³/mol. The van der Waals surface area contributed by atoms with Gasteiger partial charge in [-0.25, -0.2) is 9.82 Å². The molecule has 0 unspecified atom stereocenters. The van der Waals surface area contributed by atoms with Crippen LogP contribution in [0.4, 0.5) is 10.1 Å². The van der Waals surface area contributed by atoms with Gasteiger partial charge in [-0.3, -0.25) is 9.59 Å². The summed E-state index contributed by atoms with van der Waals surface area (Å²) in [5.41, 5.74) is 5.51. The van der Waals surface area contributed by atoms with Crippen LogP contribution >= 0.6 is 11.6 Å². The lowest BCUT2D eigenvalue weighted by Crippen LogP contribution is -2.32. The highest BCUT2D eigenvalue weighted by Gasteiger charge is 2.14. The second kappa shape index (κ2) is 10.5. The Morgan fingerprint density at radius 2 is 1.84 bits per heavy atom. The monoisotopic (exact) mass is 453 g/mol. The first-order valence-electron chi connectivity index (χ1n) is 9.71. The van der Waals surface area contributed by atoms with Crippen molar-refractivity contribution in [1.29, 1.82) is 0 Å². The third kappa shape index (κ3) is 6.15. The van der Waals surface area contributed by atoms with Crippen LogP contribution in [0.25, 0.3) is 0 Å². The van der Waals surface area contributed by atoms with E-state index in [1.54, 1.807) is 36.4 Å². The predicted octanol–water partition coefficient (Wildman–Crippen LogP) is 4.76. The SMILES string of the molecule is Cc1ccc(NC(=O)C(=O)NN=Cc2cccc(OCc3c(F)cccc3Cl)c2)c(C)c1. The van der Waals surface area contributed by atoms with Crippen LogP contribution in [0.2, 0.25) is 5.02 Å². The molecule has 0 atom stereocenters. The maximum Gasteiger partial charge on any atom is 0.329 e. The second-order valence-electron chi connectivity index (χ2n) is 7.03. The Morgan fingerprint density at radius 1 is 1.06 bits per heavy atom. The highest BCUT2D eigenvalue weighted by atomic mass is 35.5. The van der Waals surface area contributed by atoms with Gasteiger partial charge in [-0.05, 0) is 55.3 Å². The molecule has 0 saturated heterocycles. The molecule has 0 aliphatic rings. The zero-order valence-electron chi connectivity index (χ0n) is 17.5. The van der Waals surface area contributed by atoms with E-state index in [1.807, 2.05) is 26.0 Å². The first-order valence-corrected chi connectivity index (χ1v) is 10.1. The molecule has 3 rings (SSSR count). The number of benzene rings is 3. The topological polar surface area (TPSA) is 79.8 Å². The summed E-state index contributed by atoms with van der Waals surface area (Å²) in [4.78, 5) is 24.1. The molecular weight excluding hydrogens is 433 g/mol. The van der Waals surface area contributed by atoms with Gasteiger partial charge in [0, 0.05) is 11.3 Å². The minimum absolute atomic E-state index is 0.0402. The van der Waals surface area contributed by atoms with E-state index in [9.17, 15) is 14.0 Å². The summed E-state index contributed by atoms with van der Waals surface area (Å²) in [6.07, 6.45) is 1.37. The fraction of sp³-hybridized carbons (Fsp3) is 0.125. The molecule has 2 amide bonds. The summed E-state index contributed by atoms with van der Waals surface area (Å²) >= 11 is 6.00. The summed E-state index contributed by atoms with van der Waals surface area (Å²) < 4.78 is 19.5. The van der Waals surface area contributed by atoms with Crippen LogP contribution in [0.3, 0.4) is 0 Å². The minimum Gasteiger partial charge on any atom is -0.489 e. The standard InChI is InChI=1S/C24H21ClFN3O3/c1-15-9-10-22(16(2)11-15)28-23(30)24(31)29-27-13-17-5-3-6-18(12-17)32-14-19-20(25)7-4-8-21(19)26/h3-13H,14H2,1-2H3,(H,28,30)(H,29,31). The zero-order chi connectivity index (χ0) is 23.1. The molecule has 0 aliphatic heterocycles. The minimum atomic E-state index is -0.900. The van der Waals surface area contributed by atoms with Gasteiger partial charge in [0.1, 0.15) is 18.2 Å². The lowest BCUT2D eigenvalue weighted by molar-refractivity contribution is -0.136. The number of ether oxygens (including phenoxy) is 1. The van der Waals surface area contributed by atoms with Crippen molar-refractivity contribution in [2.24, 2.45) is 5.10 Å². The van der Waals surface area contributed by atoms with Crippen molar-refractivity contribution in [2.75, 3.05) is 5.32 Å². The van der Waals surface area contributed by atoms with E-state index in [1.165, 1.54) is 18.3 Å². The summed E-state index contributed by atoms with van der Waals surface area (Å²) in [7, 11) is 0. The maximum atomic E-state index is 13.9. The Kier molecular flexibility index (Phi) is 7.57. The van der Waals surface area contributed by atoms with Crippen molar-refractivity contribution in [3.63, 3.8) is 0 Å². The summed E-state index contributed by atoms with van der Waals surface area (Å²) in [5.74, 6) is -1.71. The maximum absolute atomic E-state index is 13.9. The number of aryl methyl sites for hydroxylation is 2. The van der Waals surface area contributed by atoms with Crippen molar-refractivity contribution in [3.05, 3.63) is 93.8 Å². The molecule has 0 spiro atoms.